The number of nitrogens with one attached hydrogen (secondary N) is 1. The molecule has 2 aromatic heterocycles. The molecule has 0 bridgehead atoms. The maximum atomic E-state index is 11.9. The largest absolute Gasteiger partial charge is 0.355 e. The molecule has 0 radical (unpaired) electrons. The smallest absolute Gasteiger partial charge is 0.253 e. The van der Waals surface area contributed by atoms with Crippen molar-refractivity contribution in [3.63, 3.8) is 0 Å². The highest BCUT2D eigenvalue weighted by atomic mass is 32.2. The summed E-state index contributed by atoms with van der Waals surface area (Å²) < 4.78 is 1.73. The average molecular weight is 291 g/mol. The van der Waals surface area contributed by atoms with Crippen molar-refractivity contribution in [2.24, 2.45) is 0 Å². The lowest BCUT2D eigenvalue weighted by Crippen LogP contribution is -2.30. The van der Waals surface area contributed by atoms with Gasteiger partial charge >= 0.3 is 0 Å². The lowest BCUT2D eigenvalue weighted by molar-refractivity contribution is -0.120. The third-order valence-electron chi connectivity index (χ3n) is 3.33. The highest BCUT2D eigenvalue weighted by Gasteiger charge is 2.23. The summed E-state index contributed by atoms with van der Waals surface area (Å²) in [6, 6.07) is 1.97. The van der Waals surface area contributed by atoms with E-state index in [4.69, 9.17) is 0 Å². The van der Waals surface area contributed by atoms with Crippen molar-refractivity contribution in [3.8, 4) is 0 Å². The van der Waals surface area contributed by atoms with Crippen LogP contribution in [0, 0.1) is 13.8 Å². The van der Waals surface area contributed by atoms with E-state index < -0.39 is 0 Å². The molecule has 2 aromatic rings. The number of thioether (sulfide) groups is 1. The van der Waals surface area contributed by atoms with Crippen LogP contribution >= 0.6 is 11.8 Å². The Bertz CT molecular complexity index is 653. The fourth-order valence-electron chi connectivity index (χ4n) is 2.35. The Hall–Kier alpha value is -1.63. The quantitative estimate of drug-likeness (QED) is 0.908. The lowest BCUT2D eigenvalue weighted by atomic mass is 10.2. The van der Waals surface area contributed by atoms with E-state index in [2.05, 4.69) is 20.4 Å². The third-order valence-corrected chi connectivity index (χ3v) is 4.45. The first-order valence-corrected chi connectivity index (χ1v) is 7.67. The van der Waals surface area contributed by atoms with Crippen LogP contribution in [0.4, 0.5) is 0 Å². The van der Waals surface area contributed by atoms with Crippen molar-refractivity contribution in [1.29, 1.82) is 0 Å². The van der Waals surface area contributed by atoms with Crippen LogP contribution in [0.15, 0.2) is 11.2 Å². The number of amides is 1. The predicted molar refractivity (Wildman–Crippen MR) is 76.8 cm³/mol. The van der Waals surface area contributed by atoms with Gasteiger partial charge < -0.3 is 5.32 Å². The van der Waals surface area contributed by atoms with Crippen molar-refractivity contribution in [1.82, 2.24) is 24.9 Å². The van der Waals surface area contributed by atoms with Crippen molar-refractivity contribution in [2.75, 3.05) is 6.54 Å². The number of hydrogen-bond acceptors (Lipinski definition) is 5. The van der Waals surface area contributed by atoms with E-state index in [1.807, 2.05) is 19.9 Å². The Balaban J connectivity index is 1.87. The maximum Gasteiger partial charge on any atom is 0.253 e. The Kier molecular flexibility index (Phi) is 3.60. The molecule has 1 atom stereocenters. The fraction of sp³-hybridized carbons (Fsp3) is 0.538. The SMILES string of the molecule is Cc1cc(C)n2nc(SC3CCCCNC3=O)nc2n1. The zero-order valence-corrected chi connectivity index (χ0v) is 12.4. The summed E-state index contributed by atoms with van der Waals surface area (Å²) in [7, 11) is 0. The van der Waals surface area contributed by atoms with Crippen LogP contribution in [0.25, 0.3) is 5.78 Å². The van der Waals surface area contributed by atoms with Gasteiger partial charge in [-0.1, -0.05) is 18.2 Å². The average Bonchev–Trinajstić information content (AvgIpc) is 2.68. The Morgan fingerprint density at radius 2 is 2.20 bits per heavy atom. The minimum Gasteiger partial charge on any atom is -0.355 e. The summed E-state index contributed by atoms with van der Waals surface area (Å²) in [5, 5.41) is 7.89. The Morgan fingerprint density at radius 1 is 1.35 bits per heavy atom. The minimum atomic E-state index is -0.101. The van der Waals surface area contributed by atoms with Gasteiger partial charge in [-0.25, -0.2) is 9.50 Å². The first-order valence-electron chi connectivity index (χ1n) is 6.79. The van der Waals surface area contributed by atoms with Gasteiger partial charge in [-0.3, -0.25) is 4.79 Å². The minimum absolute atomic E-state index is 0.0900. The van der Waals surface area contributed by atoms with Gasteiger partial charge in [0.15, 0.2) is 0 Å². The first kappa shape index (κ1) is 13.4. The number of carbonyl (C=O) groups is 1. The van der Waals surface area contributed by atoms with Gasteiger partial charge in [0.1, 0.15) is 0 Å². The third kappa shape index (κ3) is 2.63. The lowest BCUT2D eigenvalue weighted by Gasteiger charge is -2.09. The number of hydrogen-bond donors (Lipinski definition) is 1. The molecule has 20 heavy (non-hydrogen) atoms. The van der Waals surface area contributed by atoms with Gasteiger partial charge in [0.25, 0.3) is 5.78 Å². The summed E-state index contributed by atoms with van der Waals surface area (Å²) in [5.74, 6) is 0.686. The van der Waals surface area contributed by atoms with Crippen molar-refractivity contribution >= 4 is 23.4 Å². The number of rotatable bonds is 2. The Morgan fingerprint density at radius 3 is 3.05 bits per heavy atom. The second-order valence-corrected chi connectivity index (χ2v) is 6.21. The van der Waals surface area contributed by atoms with E-state index in [1.54, 1.807) is 4.52 Å². The highest BCUT2D eigenvalue weighted by Crippen LogP contribution is 2.26. The molecule has 0 spiro atoms. The molecule has 1 saturated heterocycles. The molecular formula is C13H17N5OS. The van der Waals surface area contributed by atoms with Gasteiger partial charge in [0.2, 0.25) is 11.1 Å². The predicted octanol–water partition coefficient (Wildman–Crippen LogP) is 1.50. The molecule has 0 aromatic carbocycles. The van der Waals surface area contributed by atoms with Gasteiger partial charge in [-0.15, -0.1) is 5.10 Å². The van der Waals surface area contributed by atoms with E-state index in [9.17, 15) is 4.79 Å². The van der Waals surface area contributed by atoms with E-state index >= 15 is 0 Å². The zero-order valence-electron chi connectivity index (χ0n) is 11.6. The van der Waals surface area contributed by atoms with Gasteiger partial charge in [0.05, 0.1) is 5.25 Å². The molecule has 6 nitrogen and oxygen atoms in total. The van der Waals surface area contributed by atoms with Crippen LogP contribution in [0.3, 0.4) is 0 Å². The number of nitrogens with zero attached hydrogens (tertiary/aromatic N) is 4. The van der Waals surface area contributed by atoms with Crippen molar-refractivity contribution in [3.05, 3.63) is 17.5 Å². The molecule has 1 amide bonds. The molecule has 1 unspecified atom stereocenters. The number of carbonyl (C=O) groups excluding carboxylic acids is 1. The second kappa shape index (κ2) is 5.40. The molecule has 0 aliphatic carbocycles. The number of aryl methyl sites for hydroxylation is 2. The topological polar surface area (TPSA) is 72.2 Å². The van der Waals surface area contributed by atoms with E-state index in [1.165, 1.54) is 11.8 Å². The molecular weight excluding hydrogens is 274 g/mol. The molecule has 106 valence electrons. The summed E-state index contributed by atoms with van der Waals surface area (Å²) >= 11 is 1.43. The summed E-state index contributed by atoms with van der Waals surface area (Å²) in [4.78, 5) is 20.7. The van der Waals surface area contributed by atoms with Gasteiger partial charge in [-0.2, -0.15) is 4.98 Å². The molecule has 7 heteroatoms. The second-order valence-electron chi connectivity index (χ2n) is 5.04. The normalized spacial score (nSPS) is 19.9. The molecule has 3 rings (SSSR count). The monoisotopic (exact) mass is 291 g/mol. The van der Waals surface area contributed by atoms with E-state index in [0.29, 0.717) is 10.9 Å². The first-order chi connectivity index (χ1) is 9.63. The molecule has 0 saturated carbocycles. The van der Waals surface area contributed by atoms with Crippen LogP contribution < -0.4 is 5.32 Å². The number of aromatic nitrogens is 4. The Labute approximate surface area is 121 Å². The van der Waals surface area contributed by atoms with Gasteiger partial charge in [-0.05, 0) is 32.8 Å². The van der Waals surface area contributed by atoms with Crippen molar-refractivity contribution < 1.29 is 4.79 Å². The highest BCUT2D eigenvalue weighted by molar-refractivity contribution is 8.00. The summed E-state index contributed by atoms with van der Waals surface area (Å²) in [6.07, 6.45) is 2.97. The van der Waals surface area contributed by atoms with Crippen LogP contribution in [0.5, 0.6) is 0 Å². The summed E-state index contributed by atoms with van der Waals surface area (Å²) in [6.45, 7) is 4.69. The fourth-order valence-corrected chi connectivity index (χ4v) is 3.34. The van der Waals surface area contributed by atoms with Gasteiger partial charge in [0, 0.05) is 17.9 Å². The standard InChI is InChI=1S/C13H17N5OS/c1-8-7-9(2)18-12(15-8)16-13(17-18)20-10-5-3-4-6-14-11(10)19/h7,10H,3-6H2,1-2H3,(H,14,19). The summed E-state index contributed by atoms with van der Waals surface area (Å²) in [5.41, 5.74) is 1.92. The van der Waals surface area contributed by atoms with Crippen LogP contribution in [0.2, 0.25) is 0 Å². The number of fused-ring (bicyclic) bond motifs is 1. The molecule has 3 heterocycles. The van der Waals surface area contributed by atoms with Crippen LogP contribution in [0.1, 0.15) is 30.7 Å². The maximum absolute atomic E-state index is 11.9. The van der Waals surface area contributed by atoms with Crippen LogP contribution in [-0.2, 0) is 4.79 Å². The van der Waals surface area contributed by atoms with Crippen LogP contribution in [-0.4, -0.2) is 37.3 Å². The van der Waals surface area contributed by atoms with Crippen molar-refractivity contribution in [2.45, 2.75) is 43.5 Å². The molecule has 1 aliphatic heterocycles. The molecule has 1 aliphatic rings. The zero-order chi connectivity index (χ0) is 14.1. The van der Waals surface area contributed by atoms with E-state index in [-0.39, 0.29) is 11.2 Å². The molecule has 1 N–H and O–H groups in total. The molecule has 1 fully saturated rings. The van der Waals surface area contributed by atoms with E-state index in [0.717, 1.165) is 37.2 Å².